The summed E-state index contributed by atoms with van der Waals surface area (Å²) in [7, 11) is 0. The number of carbonyl (C=O) groups is 1. The molecule has 2 aromatic heterocycles. The Kier molecular flexibility index (Phi) is 5.85. The van der Waals surface area contributed by atoms with Gasteiger partial charge in [-0.2, -0.15) is 0 Å². The minimum absolute atomic E-state index is 0.0674. The third-order valence-electron chi connectivity index (χ3n) is 6.29. The van der Waals surface area contributed by atoms with Gasteiger partial charge in [0.1, 0.15) is 0 Å². The van der Waals surface area contributed by atoms with Gasteiger partial charge in [-0.25, -0.2) is 0 Å². The van der Waals surface area contributed by atoms with Gasteiger partial charge in [0.25, 0.3) is 0 Å². The Morgan fingerprint density at radius 2 is 1.14 bits per heavy atom. The second-order valence-corrected chi connectivity index (χ2v) is 8.91. The van der Waals surface area contributed by atoms with E-state index in [2.05, 4.69) is 37.0 Å². The molecule has 6 nitrogen and oxygen atoms in total. The Bertz CT molecular complexity index is 1540. The van der Waals surface area contributed by atoms with Crippen LogP contribution in [0.5, 0.6) is 0 Å². The first-order chi connectivity index (χ1) is 17.7. The van der Waals surface area contributed by atoms with E-state index in [0.717, 1.165) is 50.9 Å². The zero-order valence-electron chi connectivity index (χ0n) is 19.6. The molecule has 3 heterocycles. The molecular formula is C30H23N5O. The van der Waals surface area contributed by atoms with Crippen molar-refractivity contribution in [3.8, 4) is 0 Å². The van der Waals surface area contributed by atoms with Crippen molar-refractivity contribution in [2.75, 3.05) is 13.1 Å². The van der Waals surface area contributed by atoms with Crippen LogP contribution in [-0.2, 0) is 11.3 Å². The summed E-state index contributed by atoms with van der Waals surface area (Å²) in [5, 5.41) is 0. The first kappa shape index (κ1) is 21.9. The van der Waals surface area contributed by atoms with Crippen molar-refractivity contribution in [3.63, 3.8) is 0 Å². The molecule has 0 bridgehead atoms. The lowest BCUT2D eigenvalue weighted by molar-refractivity contribution is -0.113. The summed E-state index contributed by atoms with van der Waals surface area (Å²) in [6, 6.07) is 22.2. The number of hydrogen-bond acceptors (Lipinski definition) is 6. The lowest BCUT2D eigenvalue weighted by Crippen LogP contribution is -2.37. The molecule has 1 fully saturated rings. The van der Waals surface area contributed by atoms with E-state index in [4.69, 9.17) is 0 Å². The Hall–Kier alpha value is -4.55. The normalized spacial score (nSPS) is 16.8. The summed E-state index contributed by atoms with van der Waals surface area (Å²) in [5.41, 5.74) is 7.89. The van der Waals surface area contributed by atoms with Crippen molar-refractivity contribution in [1.82, 2.24) is 24.8 Å². The molecule has 1 aliphatic rings. The van der Waals surface area contributed by atoms with E-state index in [9.17, 15) is 4.79 Å². The average molecular weight is 470 g/mol. The second kappa shape index (κ2) is 9.60. The van der Waals surface area contributed by atoms with Crippen molar-refractivity contribution in [2.45, 2.75) is 6.54 Å². The Balaban J connectivity index is 1.38. The summed E-state index contributed by atoms with van der Waals surface area (Å²) < 4.78 is 0. The van der Waals surface area contributed by atoms with Gasteiger partial charge in [-0.15, -0.1) is 0 Å². The predicted octanol–water partition coefficient (Wildman–Crippen LogP) is 5.12. The number of ketones is 1. The van der Waals surface area contributed by atoms with Crippen LogP contribution >= 0.6 is 0 Å². The number of aromatic nitrogens is 4. The van der Waals surface area contributed by atoms with Gasteiger partial charge in [0.2, 0.25) is 0 Å². The topological polar surface area (TPSA) is 71.9 Å². The van der Waals surface area contributed by atoms with Crippen molar-refractivity contribution >= 4 is 40.0 Å². The Morgan fingerprint density at radius 1 is 0.639 bits per heavy atom. The maximum absolute atomic E-state index is 13.6. The lowest BCUT2D eigenvalue weighted by Gasteiger charge is -2.30. The molecule has 6 heteroatoms. The maximum Gasteiger partial charge on any atom is 0.187 e. The third kappa shape index (κ3) is 4.67. The maximum atomic E-state index is 13.6. The predicted molar refractivity (Wildman–Crippen MR) is 142 cm³/mol. The van der Waals surface area contributed by atoms with E-state index in [1.165, 1.54) is 5.56 Å². The molecule has 36 heavy (non-hydrogen) atoms. The Morgan fingerprint density at radius 3 is 1.67 bits per heavy atom. The van der Waals surface area contributed by atoms with Crippen LogP contribution in [0.4, 0.5) is 0 Å². The summed E-state index contributed by atoms with van der Waals surface area (Å²) in [6.07, 6.45) is 10.7. The summed E-state index contributed by atoms with van der Waals surface area (Å²) >= 11 is 0. The highest BCUT2D eigenvalue weighted by atomic mass is 16.1. The summed E-state index contributed by atoms with van der Waals surface area (Å²) in [6.45, 7) is 1.91. The monoisotopic (exact) mass is 469 g/mol. The highest BCUT2D eigenvalue weighted by Gasteiger charge is 2.26. The molecule has 174 valence electrons. The second-order valence-electron chi connectivity index (χ2n) is 8.91. The van der Waals surface area contributed by atoms with Crippen LogP contribution in [0.2, 0.25) is 0 Å². The van der Waals surface area contributed by atoms with E-state index >= 15 is 0 Å². The molecule has 0 saturated carbocycles. The van der Waals surface area contributed by atoms with Gasteiger partial charge in [0, 0.05) is 55.6 Å². The van der Waals surface area contributed by atoms with Gasteiger partial charge >= 0.3 is 0 Å². The minimum atomic E-state index is 0.0674. The van der Waals surface area contributed by atoms with Crippen molar-refractivity contribution in [1.29, 1.82) is 0 Å². The fraction of sp³-hybridized carbons (Fsp3) is 0.100. The van der Waals surface area contributed by atoms with Crippen LogP contribution in [0, 0.1) is 0 Å². The van der Waals surface area contributed by atoms with Crippen molar-refractivity contribution in [2.24, 2.45) is 0 Å². The number of likely N-dealkylation sites (tertiary alicyclic amines) is 1. The van der Waals surface area contributed by atoms with E-state index in [0.29, 0.717) is 13.1 Å². The van der Waals surface area contributed by atoms with Crippen LogP contribution in [0.15, 0.2) is 103 Å². The molecule has 0 atom stereocenters. The van der Waals surface area contributed by atoms with E-state index < -0.39 is 0 Å². The molecule has 0 spiro atoms. The summed E-state index contributed by atoms with van der Waals surface area (Å²) in [5.74, 6) is 0.0674. The van der Waals surface area contributed by atoms with Gasteiger partial charge < -0.3 is 0 Å². The highest BCUT2D eigenvalue weighted by Crippen LogP contribution is 2.25. The number of fused-ring (bicyclic) bond motifs is 2. The quantitative estimate of drug-likeness (QED) is 0.340. The molecule has 0 aliphatic carbocycles. The average Bonchev–Trinajstić information content (AvgIpc) is 2.92. The van der Waals surface area contributed by atoms with Crippen LogP contribution < -0.4 is 0 Å². The van der Waals surface area contributed by atoms with Crippen LogP contribution in [0.25, 0.3) is 34.2 Å². The standard InChI is InChI=1S/C30H23N5O/c36-30-24(14-22-6-8-26-28(16-22)33-12-10-31-26)19-35(18-21-4-2-1-3-5-21)20-25(30)15-23-7-9-27-29(17-23)34-13-11-32-27/h1-17H,18-20H2/b24-14+,25-15+. The van der Waals surface area contributed by atoms with E-state index in [-0.39, 0.29) is 5.78 Å². The van der Waals surface area contributed by atoms with Gasteiger partial charge in [-0.1, -0.05) is 42.5 Å². The number of benzene rings is 3. The van der Waals surface area contributed by atoms with Crippen LogP contribution in [0.1, 0.15) is 16.7 Å². The number of hydrogen-bond donors (Lipinski definition) is 0. The summed E-state index contributed by atoms with van der Waals surface area (Å²) in [4.78, 5) is 33.5. The highest BCUT2D eigenvalue weighted by molar-refractivity contribution is 6.14. The molecule has 1 aliphatic heterocycles. The molecule has 3 aromatic carbocycles. The molecule has 0 amide bonds. The smallest absolute Gasteiger partial charge is 0.187 e. The van der Waals surface area contributed by atoms with Gasteiger partial charge in [0.05, 0.1) is 22.1 Å². The zero-order chi connectivity index (χ0) is 24.3. The van der Waals surface area contributed by atoms with Gasteiger partial charge in [-0.3, -0.25) is 29.6 Å². The molecule has 5 aromatic rings. The number of Topliss-reactive ketones (excluding diaryl/α,β-unsaturated/α-hetero) is 1. The van der Waals surface area contributed by atoms with Crippen LogP contribution in [-0.4, -0.2) is 43.7 Å². The molecule has 0 N–H and O–H groups in total. The zero-order valence-corrected chi connectivity index (χ0v) is 19.6. The van der Waals surface area contributed by atoms with Gasteiger partial charge in [-0.05, 0) is 53.1 Å². The minimum Gasteiger partial charge on any atom is -0.290 e. The number of carbonyl (C=O) groups excluding carboxylic acids is 1. The molecule has 1 saturated heterocycles. The third-order valence-corrected chi connectivity index (χ3v) is 6.29. The van der Waals surface area contributed by atoms with Crippen LogP contribution in [0.3, 0.4) is 0 Å². The number of rotatable bonds is 4. The van der Waals surface area contributed by atoms with Gasteiger partial charge in [0.15, 0.2) is 5.78 Å². The lowest BCUT2D eigenvalue weighted by atomic mass is 9.93. The first-order valence-electron chi connectivity index (χ1n) is 11.8. The first-order valence-corrected chi connectivity index (χ1v) is 11.8. The van der Waals surface area contributed by atoms with E-state index in [1.807, 2.05) is 66.7 Å². The molecule has 6 rings (SSSR count). The molecular weight excluding hydrogens is 446 g/mol. The number of piperidine rings is 1. The molecule has 0 radical (unpaired) electrons. The molecule has 0 unspecified atom stereocenters. The fourth-order valence-electron chi connectivity index (χ4n) is 4.61. The Labute approximate surface area is 208 Å². The number of nitrogens with zero attached hydrogens (tertiary/aromatic N) is 5. The fourth-order valence-corrected chi connectivity index (χ4v) is 4.61. The van der Waals surface area contributed by atoms with Crippen molar-refractivity contribution in [3.05, 3.63) is 119 Å². The van der Waals surface area contributed by atoms with Crippen molar-refractivity contribution < 1.29 is 4.79 Å². The SMILES string of the molecule is O=C1/C(=C/c2ccc3nccnc3c2)CN(Cc2ccccc2)C/C1=C\c1ccc2nccnc2c1. The largest absolute Gasteiger partial charge is 0.290 e. The van der Waals surface area contributed by atoms with E-state index in [1.54, 1.807) is 24.8 Å².